The third-order valence-corrected chi connectivity index (χ3v) is 6.70. The highest BCUT2D eigenvalue weighted by Crippen LogP contribution is 2.46. The highest BCUT2D eigenvalue weighted by Gasteiger charge is 2.43. The average Bonchev–Trinajstić information content (AvgIpc) is 2.35. The van der Waals surface area contributed by atoms with Gasteiger partial charge in [-0.05, 0) is 18.2 Å². The number of hydrogen-bond acceptors (Lipinski definition) is 4. The molecule has 0 N–H and O–H groups in total. The zero-order valence-electron chi connectivity index (χ0n) is 9.19. The van der Waals surface area contributed by atoms with E-state index < -0.39 is 25.7 Å². The van der Waals surface area contributed by atoms with Crippen LogP contribution in [0.25, 0.3) is 0 Å². The Bertz CT molecular complexity index is 583. The molecule has 4 nitrogen and oxygen atoms in total. The van der Waals surface area contributed by atoms with Crippen LogP contribution in [-0.4, -0.2) is 22.3 Å². The molecule has 0 aliphatic carbocycles. The fourth-order valence-corrected chi connectivity index (χ4v) is 4.08. The van der Waals surface area contributed by atoms with Gasteiger partial charge in [-0.25, -0.2) is 0 Å². The number of fused-ring (bicyclic) bond motifs is 1. The van der Waals surface area contributed by atoms with Gasteiger partial charge in [0.05, 0.1) is 5.56 Å². The second kappa shape index (κ2) is 6.28. The van der Waals surface area contributed by atoms with Gasteiger partial charge in [0.2, 0.25) is 3.67 Å². The van der Waals surface area contributed by atoms with E-state index in [2.05, 4.69) is 0 Å². The van der Waals surface area contributed by atoms with Gasteiger partial charge in [-0.2, -0.15) is 7.92 Å². The maximum absolute atomic E-state index is 12.2. The molecule has 1 aromatic rings. The Labute approximate surface area is 146 Å². The summed E-state index contributed by atoms with van der Waals surface area (Å²) >= 11 is 27.1. The molecular weight excluding hydrogens is 412 g/mol. The number of hydrogen-bond donors (Lipinski definition) is 0. The number of amides is 1. The van der Waals surface area contributed by atoms with Crippen LogP contribution >= 0.6 is 70.0 Å². The number of benzene rings is 1. The highest BCUT2D eigenvalue weighted by molar-refractivity contribution is 8.09. The normalized spacial score (nSPS) is 19.0. The molecule has 0 spiro atoms. The first kappa shape index (κ1) is 16.8. The molecule has 1 heterocycles. The largest absolute Gasteiger partial charge is 0.383 e. The first-order valence-corrected chi connectivity index (χ1v) is 8.63. The van der Waals surface area contributed by atoms with E-state index in [1.165, 1.54) is 18.2 Å². The summed E-state index contributed by atoms with van der Waals surface area (Å²) in [5.74, 6) is -0.477. The Kier molecular flexibility index (Phi) is 5.28. The molecule has 20 heavy (non-hydrogen) atoms. The van der Waals surface area contributed by atoms with E-state index in [1.807, 2.05) is 0 Å². The summed E-state index contributed by atoms with van der Waals surface area (Å²) < 4.78 is 16.0. The molecule has 0 bridgehead atoms. The van der Waals surface area contributed by atoms with Crippen LogP contribution in [-0.2, 0) is 11.3 Å². The van der Waals surface area contributed by atoms with Crippen LogP contribution in [0.4, 0.5) is 0 Å². The topological polar surface area (TPSA) is 46.6 Å². The van der Waals surface area contributed by atoms with Gasteiger partial charge in [0.25, 0.3) is 5.91 Å². The minimum absolute atomic E-state index is 0.134. The summed E-state index contributed by atoms with van der Waals surface area (Å²) in [6.45, 7) is 0. The number of carbonyl (C=O) groups is 1. The van der Waals surface area contributed by atoms with E-state index in [9.17, 15) is 9.00 Å². The van der Waals surface area contributed by atoms with Crippen LogP contribution in [0.1, 0.15) is 10.4 Å². The molecule has 1 aliphatic heterocycles. The number of halogens is 5. The summed E-state index contributed by atoms with van der Waals surface area (Å²) in [5.41, 5.74) is 0.134. The third-order valence-electron chi connectivity index (χ3n) is 2.09. The first-order chi connectivity index (χ1) is 9.22. The van der Waals surface area contributed by atoms with Crippen LogP contribution in [0, 0.1) is 0 Å². The van der Waals surface area contributed by atoms with Crippen molar-refractivity contribution in [1.82, 2.24) is 3.71 Å². The molecule has 1 amide bonds. The quantitative estimate of drug-likeness (QED) is 0.544. The number of rotatable bonds is 3. The standard InChI is InChI=1S/C9H4Cl5NO3S2/c10-4-1-2-6-5(3-4)7(16)15(20(17)18-6)19-9(13,14)8(11)12/h1-3,8H. The minimum atomic E-state index is -2.12. The summed E-state index contributed by atoms with van der Waals surface area (Å²) in [4.78, 5) is 11.0. The minimum Gasteiger partial charge on any atom is -0.383 e. The van der Waals surface area contributed by atoms with Crippen molar-refractivity contribution in [2.24, 2.45) is 0 Å². The maximum Gasteiger partial charge on any atom is 0.332 e. The lowest BCUT2D eigenvalue weighted by molar-refractivity contribution is 0.0917. The fraction of sp³-hybridized carbons (Fsp3) is 0.222. The molecule has 1 aliphatic rings. The fourth-order valence-electron chi connectivity index (χ4n) is 1.24. The van der Waals surface area contributed by atoms with Crippen molar-refractivity contribution >= 4 is 87.1 Å². The lowest BCUT2D eigenvalue weighted by atomic mass is 10.2. The molecule has 1 aromatic carbocycles. The predicted molar refractivity (Wildman–Crippen MR) is 83.9 cm³/mol. The Morgan fingerprint density at radius 1 is 1.35 bits per heavy atom. The Morgan fingerprint density at radius 3 is 2.60 bits per heavy atom. The summed E-state index contributed by atoms with van der Waals surface area (Å²) in [6, 6.07) is 4.33. The van der Waals surface area contributed by atoms with Gasteiger partial charge in [0, 0.05) is 17.0 Å². The van der Waals surface area contributed by atoms with Crippen molar-refractivity contribution in [2.45, 2.75) is 8.50 Å². The van der Waals surface area contributed by atoms with E-state index in [4.69, 9.17) is 62.2 Å². The van der Waals surface area contributed by atoms with Crippen molar-refractivity contribution < 1.29 is 13.2 Å². The number of alkyl halides is 4. The molecular formula is C9H4Cl5NO3S2. The zero-order valence-corrected chi connectivity index (χ0v) is 14.6. The number of nitrogens with zero attached hydrogens (tertiary/aromatic N) is 1. The van der Waals surface area contributed by atoms with Gasteiger partial charge < -0.3 is 4.18 Å². The van der Waals surface area contributed by atoms with Crippen molar-refractivity contribution in [1.29, 1.82) is 0 Å². The predicted octanol–water partition coefficient (Wildman–Crippen LogP) is 4.34. The van der Waals surface area contributed by atoms with E-state index in [1.54, 1.807) is 0 Å². The van der Waals surface area contributed by atoms with Crippen molar-refractivity contribution in [3.63, 3.8) is 0 Å². The van der Waals surface area contributed by atoms with E-state index in [0.717, 1.165) is 3.71 Å². The van der Waals surface area contributed by atoms with Gasteiger partial charge in [0.15, 0.2) is 10.6 Å². The molecule has 110 valence electrons. The van der Waals surface area contributed by atoms with Gasteiger partial charge in [0.1, 0.15) is 0 Å². The Hall–Kier alpha value is 0.440. The molecule has 0 fully saturated rings. The molecule has 2 rings (SSSR count). The highest BCUT2D eigenvalue weighted by atomic mass is 35.5. The zero-order chi connectivity index (χ0) is 15.1. The van der Waals surface area contributed by atoms with Crippen LogP contribution in [0.15, 0.2) is 18.2 Å². The lowest BCUT2D eigenvalue weighted by Crippen LogP contribution is -2.38. The molecule has 0 saturated heterocycles. The van der Waals surface area contributed by atoms with Gasteiger partial charge in [-0.3, -0.25) is 4.79 Å². The van der Waals surface area contributed by atoms with Crippen molar-refractivity contribution in [3.8, 4) is 5.75 Å². The smallest absolute Gasteiger partial charge is 0.332 e. The molecule has 1 unspecified atom stereocenters. The Balaban J connectivity index is 2.33. The molecule has 11 heteroatoms. The SMILES string of the molecule is O=C1c2cc(Cl)ccc2OS(=O)N1SC(Cl)(Cl)C(Cl)Cl. The molecule has 0 saturated carbocycles. The van der Waals surface area contributed by atoms with Gasteiger partial charge in [-0.1, -0.05) is 34.8 Å². The van der Waals surface area contributed by atoms with Gasteiger partial charge in [-0.15, -0.1) is 23.2 Å². The van der Waals surface area contributed by atoms with Gasteiger partial charge >= 0.3 is 11.3 Å². The monoisotopic (exact) mass is 413 g/mol. The van der Waals surface area contributed by atoms with Crippen molar-refractivity contribution in [3.05, 3.63) is 28.8 Å². The molecule has 0 aromatic heterocycles. The van der Waals surface area contributed by atoms with Crippen LogP contribution in [0.2, 0.25) is 5.02 Å². The van der Waals surface area contributed by atoms with Crippen LogP contribution < -0.4 is 4.18 Å². The summed E-state index contributed by atoms with van der Waals surface area (Å²) in [5, 5.41) is 0.328. The average molecular weight is 416 g/mol. The molecule has 1 atom stereocenters. The molecule has 0 radical (unpaired) electrons. The van der Waals surface area contributed by atoms with Crippen molar-refractivity contribution in [2.75, 3.05) is 0 Å². The Morgan fingerprint density at radius 2 is 2.00 bits per heavy atom. The number of carbonyl (C=O) groups excluding carboxylic acids is 1. The maximum atomic E-state index is 12.2. The third kappa shape index (κ3) is 3.43. The lowest BCUT2D eigenvalue weighted by Gasteiger charge is -2.29. The van der Waals surface area contributed by atoms with Crippen LogP contribution in [0.3, 0.4) is 0 Å². The van der Waals surface area contributed by atoms with E-state index in [-0.39, 0.29) is 11.3 Å². The summed E-state index contributed by atoms with van der Waals surface area (Å²) in [7, 11) is 0. The summed E-state index contributed by atoms with van der Waals surface area (Å²) in [6.07, 6.45) is 0. The van der Waals surface area contributed by atoms with E-state index in [0.29, 0.717) is 17.0 Å². The second-order valence-electron chi connectivity index (χ2n) is 3.46. The second-order valence-corrected chi connectivity index (χ2v) is 9.21. The van der Waals surface area contributed by atoms with Crippen LogP contribution in [0.5, 0.6) is 5.75 Å². The first-order valence-electron chi connectivity index (χ1n) is 4.81. The van der Waals surface area contributed by atoms with E-state index >= 15 is 0 Å².